The first-order valence-electron chi connectivity index (χ1n) is 10.7. The molecule has 2 aromatic carbocycles. The second-order valence-electron chi connectivity index (χ2n) is 7.72. The third-order valence-corrected chi connectivity index (χ3v) is 5.17. The number of anilines is 2. The number of hydrogen-bond donors (Lipinski definition) is 3. The third kappa shape index (κ3) is 5.59. The van der Waals surface area contributed by atoms with Gasteiger partial charge < -0.3 is 9.73 Å². The van der Waals surface area contributed by atoms with Crippen molar-refractivity contribution in [1.29, 1.82) is 0 Å². The molecule has 3 N–H and O–H groups in total. The summed E-state index contributed by atoms with van der Waals surface area (Å²) in [6.07, 6.45) is -2.63. The summed E-state index contributed by atoms with van der Waals surface area (Å²) in [4.78, 5) is 61.9. The molecule has 0 aliphatic carbocycles. The third-order valence-electron chi connectivity index (χ3n) is 5.17. The van der Waals surface area contributed by atoms with E-state index in [-0.39, 0.29) is 11.3 Å². The number of imide groups is 2. The van der Waals surface area contributed by atoms with Crippen molar-refractivity contribution in [3.05, 3.63) is 83.8 Å². The number of alkyl halides is 3. The predicted octanol–water partition coefficient (Wildman–Crippen LogP) is 3.17. The van der Waals surface area contributed by atoms with Crippen LogP contribution in [0.2, 0.25) is 0 Å². The number of furan rings is 1. The lowest BCUT2D eigenvalue weighted by molar-refractivity contribution is -0.138. The largest absolute Gasteiger partial charge is 0.459 e. The molecule has 1 atom stereocenters. The summed E-state index contributed by atoms with van der Waals surface area (Å²) in [7, 11) is 0. The molecule has 1 fully saturated rings. The number of carbonyl (C=O) groups is 5. The Bertz CT molecular complexity index is 1430. The van der Waals surface area contributed by atoms with Crippen molar-refractivity contribution < 1.29 is 41.6 Å². The van der Waals surface area contributed by atoms with Crippen LogP contribution >= 0.6 is 0 Å². The van der Waals surface area contributed by atoms with E-state index in [2.05, 4.69) is 15.8 Å². The lowest BCUT2D eigenvalue weighted by Crippen LogP contribution is -2.58. The topological polar surface area (TPSA) is 150 Å². The van der Waals surface area contributed by atoms with Gasteiger partial charge in [-0.15, -0.1) is 0 Å². The van der Waals surface area contributed by atoms with E-state index in [9.17, 15) is 37.1 Å². The molecule has 38 heavy (non-hydrogen) atoms. The maximum absolute atomic E-state index is 13.0. The highest BCUT2D eigenvalue weighted by atomic mass is 19.4. The summed E-state index contributed by atoms with van der Waals surface area (Å²) in [6, 6.07) is 10.9. The van der Waals surface area contributed by atoms with Gasteiger partial charge in [-0.05, 0) is 54.6 Å². The monoisotopic (exact) mass is 527 g/mol. The average Bonchev–Trinajstić information content (AvgIpc) is 3.41. The van der Waals surface area contributed by atoms with Gasteiger partial charge in [-0.25, -0.2) is 15.1 Å². The van der Waals surface area contributed by atoms with Crippen LogP contribution in [-0.2, 0) is 15.8 Å². The SMILES string of the molecule is O=C(N/N=C\[C@H]1C(=O)NC(=O)N(c2cccc(C(F)(F)F)c2)C1=O)c1ccc(NC(=O)c2ccco2)cc1. The van der Waals surface area contributed by atoms with Gasteiger partial charge in [-0.2, -0.15) is 18.3 Å². The molecule has 1 aliphatic heterocycles. The number of nitrogens with one attached hydrogen (secondary N) is 3. The Kier molecular flexibility index (Phi) is 7.05. The van der Waals surface area contributed by atoms with Crippen molar-refractivity contribution in [3.63, 3.8) is 0 Å². The normalized spacial score (nSPS) is 15.9. The van der Waals surface area contributed by atoms with E-state index in [1.54, 1.807) is 6.07 Å². The molecule has 2 heterocycles. The Morgan fingerprint density at radius 2 is 1.74 bits per heavy atom. The van der Waals surface area contributed by atoms with Gasteiger partial charge in [0.1, 0.15) is 0 Å². The number of hydrazone groups is 1. The quantitative estimate of drug-likeness (QED) is 0.255. The van der Waals surface area contributed by atoms with E-state index >= 15 is 0 Å². The molecule has 0 bridgehead atoms. The zero-order chi connectivity index (χ0) is 27.4. The Balaban J connectivity index is 1.41. The Hall–Kier alpha value is -5.27. The second-order valence-corrected chi connectivity index (χ2v) is 7.72. The molecule has 0 radical (unpaired) electrons. The summed E-state index contributed by atoms with van der Waals surface area (Å²) >= 11 is 0. The molecule has 3 aromatic rings. The van der Waals surface area contributed by atoms with E-state index < -0.39 is 53.0 Å². The van der Waals surface area contributed by atoms with Crippen LogP contribution in [0.25, 0.3) is 0 Å². The maximum atomic E-state index is 13.0. The van der Waals surface area contributed by atoms with Crippen LogP contribution in [0.4, 0.5) is 29.3 Å². The number of urea groups is 1. The molecule has 0 unspecified atom stereocenters. The van der Waals surface area contributed by atoms with Crippen LogP contribution in [0.15, 0.2) is 76.4 Å². The number of amides is 6. The fraction of sp³-hybridized carbons (Fsp3) is 0.0833. The van der Waals surface area contributed by atoms with E-state index in [1.165, 1.54) is 36.6 Å². The Morgan fingerprint density at radius 1 is 1.00 bits per heavy atom. The van der Waals surface area contributed by atoms with Gasteiger partial charge in [0.05, 0.1) is 17.5 Å². The molecular weight excluding hydrogens is 511 g/mol. The molecule has 0 saturated carbocycles. The highest BCUT2D eigenvalue weighted by Gasteiger charge is 2.41. The van der Waals surface area contributed by atoms with Crippen LogP contribution in [-0.4, -0.2) is 35.9 Å². The number of hydrogen-bond acceptors (Lipinski definition) is 7. The molecule has 1 aliphatic rings. The number of benzene rings is 2. The van der Waals surface area contributed by atoms with Crippen molar-refractivity contribution in [1.82, 2.24) is 10.7 Å². The Morgan fingerprint density at radius 3 is 2.39 bits per heavy atom. The fourth-order valence-corrected chi connectivity index (χ4v) is 3.33. The van der Waals surface area contributed by atoms with Gasteiger partial charge >= 0.3 is 12.2 Å². The van der Waals surface area contributed by atoms with Gasteiger partial charge in [0.15, 0.2) is 11.7 Å². The molecule has 4 rings (SSSR count). The first-order valence-corrected chi connectivity index (χ1v) is 10.7. The van der Waals surface area contributed by atoms with Crippen molar-refractivity contribution in [2.75, 3.05) is 10.2 Å². The zero-order valence-corrected chi connectivity index (χ0v) is 19.0. The van der Waals surface area contributed by atoms with Crippen molar-refractivity contribution in [2.24, 2.45) is 11.0 Å². The second kappa shape index (κ2) is 10.4. The molecule has 14 heteroatoms. The zero-order valence-electron chi connectivity index (χ0n) is 19.0. The summed E-state index contributed by atoms with van der Waals surface area (Å²) in [5.41, 5.74) is 1.08. The molecule has 1 aromatic heterocycles. The Labute approximate surface area is 211 Å². The molecule has 0 spiro atoms. The minimum absolute atomic E-state index is 0.0933. The van der Waals surface area contributed by atoms with E-state index in [0.29, 0.717) is 16.7 Å². The lowest BCUT2D eigenvalue weighted by atomic mass is 10.1. The first-order chi connectivity index (χ1) is 18.0. The van der Waals surface area contributed by atoms with Crippen molar-refractivity contribution in [3.8, 4) is 0 Å². The minimum atomic E-state index is -4.73. The minimum Gasteiger partial charge on any atom is -0.459 e. The van der Waals surface area contributed by atoms with E-state index in [0.717, 1.165) is 24.4 Å². The number of halogens is 3. The van der Waals surface area contributed by atoms with Crippen LogP contribution in [0, 0.1) is 5.92 Å². The van der Waals surface area contributed by atoms with E-state index in [4.69, 9.17) is 4.42 Å². The van der Waals surface area contributed by atoms with Crippen LogP contribution in [0.1, 0.15) is 26.5 Å². The fourth-order valence-electron chi connectivity index (χ4n) is 3.33. The standard InChI is InChI=1S/C24H16F3N5O6/c25-24(26,27)14-3-1-4-16(11-14)32-22(36)17(20(34)30-23(32)37)12-28-31-19(33)13-6-8-15(9-7-13)29-21(35)18-5-2-10-38-18/h1-12,17H,(H,29,35)(H,31,33)(H,30,34,37)/b28-12-/t17-/m0/s1. The molecule has 6 amide bonds. The van der Waals surface area contributed by atoms with Gasteiger partial charge in [0.2, 0.25) is 5.91 Å². The maximum Gasteiger partial charge on any atom is 0.416 e. The van der Waals surface area contributed by atoms with Crippen molar-refractivity contribution in [2.45, 2.75) is 6.18 Å². The van der Waals surface area contributed by atoms with Gasteiger partial charge in [-0.1, -0.05) is 6.07 Å². The summed E-state index contributed by atoms with van der Waals surface area (Å²) in [5, 5.41) is 8.02. The van der Waals surface area contributed by atoms with Crippen LogP contribution in [0.5, 0.6) is 0 Å². The summed E-state index contributed by atoms with van der Waals surface area (Å²) in [5.74, 6) is -5.08. The van der Waals surface area contributed by atoms with Crippen molar-refractivity contribution >= 4 is 47.2 Å². The number of carbonyl (C=O) groups excluding carboxylic acids is 5. The van der Waals surface area contributed by atoms with Gasteiger partial charge in [0.25, 0.3) is 17.7 Å². The number of nitrogens with zero attached hydrogens (tertiary/aromatic N) is 2. The van der Waals surface area contributed by atoms with Gasteiger partial charge in [-0.3, -0.25) is 24.5 Å². The first kappa shape index (κ1) is 25.8. The van der Waals surface area contributed by atoms with Crippen LogP contribution < -0.4 is 21.0 Å². The molecule has 194 valence electrons. The summed E-state index contributed by atoms with van der Waals surface area (Å²) < 4.78 is 44.1. The highest BCUT2D eigenvalue weighted by Crippen LogP contribution is 2.32. The average molecular weight is 527 g/mol. The van der Waals surface area contributed by atoms with Gasteiger partial charge in [0, 0.05) is 17.5 Å². The lowest BCUT2D eigenvalue weighted by Gasteiger charge is -2.28. The molecule has 1 saturated heterocycles. The molecule has 11 nitrogen and oxygen atoms in total. The molecular formula is C24H16F3N5O6. The smallest absolute Gasteiger partial charge is 0.416 e. The van der Waals surface area contributed by atoms with E-state index in [1.807, 2.05) is 5.32 Å². The van der Waals surface area contributed by atoms with Crippen LogP contribution in [0.3, 0.4) is 0 Å². The summed E-state index contributed by atoms with van der Waals surface area (Å²) in [6.45, 7) is 0. The highest BCUT2D eigenvalue weighted by molar-refractivity contribution is 6.32. The predicted molar refractivity (Wildman–Crippen MR) is 125 cm³/mol. The number of rotatable bonds is 6. The number of barbiturate groups is 1.